The largest absolute Gasteiger partial charge is 0.497 e. The van der Waals surface area contributed by atoms with Gasteiger partial charge in [0.05, 0.1) is 26.6 Å². The Morgan fingerprint density at radius 3 is 1.75 bits per heavy atom. The summed E-state index contributed by atoms with van der Waals surface area (Å²) in [5, 5.41) is 7.67. The summed E-state index contributed by atoms with van der Waals surface area (Å²) < 4.78 is 10.2. The van der Waals surface area contributed by atoms with Crippen LogP contribution < -0.4 is 20.3 Å². The summed E-state index contributed by atoms with van der Waals surface area (Å²) in [6.07, 6.45) is 3.02. The second-order valence-electron chi connectivity index (χ2n) is 4.62. The maximum absolute atomic E-state index is 11.6. The normalized spacial score (nSPS) is 10.8. The Labute approximate surface area is 140 Å². The van der Waals surface area contributed by atoms with Crippen LogP contribution in [0.3, 0.4) is 0 Å². The SMILES string of the molecule is COc1cccc(/C=N/NC(=O)N/N=C/c2cccc(OC)c2)c1. The Kier molecular flexibility index (Phi) is 6.34. The number of hydrogen-bond acceptors (Lipinski definition) is 5. The number of carbonyl (C=O) groups excluding carboxylic acids is 1. The fourth-order valence-electron chi connectivity index (χ4n) is 1.80. The van der Waals surface area contributed by atoms with Gasteiger partial charge in [-0.05, 0) is 35.4 Å². The number of nitrogens with zero attached hydrogens (tertiary/aromatic N) is 2. The smallest absolute Gasteiger partial charge is 0.355 e. The average Bonchev–Trinajstić information content (AvgIpc) is 2.62. The quantitative estimate of drug-likeness (QED) is 0.631. The number of benzene rings is 2. The topological polar surface area (TPSA) is 84.3 Å². The first-order valence-electron chi connectivity index (χ1n) is 7.11. The molecular weight excluding hydrogens is 308 g/mol. The van der Waals surface area contributed by atoms with Gasteiger partial charge in [0.25, 0.3) is 0 Å². The molecule has 2 N–H and O–H groups in total. The lowest BCUT2D eigenvalue weighted by Crippen LogP contribution is -2.28. The van der Waals surface area contributed by atoms with E-state index in [-0.39, 0.29) is 0 Å². The van der Waals surface area contributed by atoms with Gasteiger partial charge < -0.3 is 9.47 Å². The van der Waals surface area contributed by atoms with Gasteiger partial charge >= 0.3 is 6.03 Å². The van der Waals surface area contributed by atoms with Crippen molar-refractivity contribution in [2.45, 2.75) is 0 Å². The first kappa shape index (κ1) is 17.0. The molecule has 0 unspecified atom stereocenters. The molecule has 0 aromatic heterocycles. The molecule has 2 amide bonds. The number of nitrogens with one attached hydrogen (secondary N) is 2. The average molecular weight is 326 g/mol. The first-order valence-corrected chi connectivity index (χ1v) is 7.11. The minimum Gasteiger partial charge on any atom is -0.497 e. The van der Waals surface area contributed by atoms with Crippen LogP contribution in [0.25, 0.3) is 0 Å². The number of methoxy groups -OCH3 is 2. The Balaban J connectivity index is 1.82. The third-order valence-corrected chi connectivity index (χ3v) is 2.95. The molecule has 2 aromatic rings. The van der Waals surface area contributed by atoms with Crippen LogP contribution in [0.1, 0.15) is 11.1 Å². The van der Waals surface area contributed by atoms with Crippen LogP contribution >= 0.6 is 0 Å². The van der Waals surface area contributed by atoms with Gasteiger partial charge in [0, 0.05) is 0 Å². The molecule has 7 heteroatoms. The third kappa shape index (κ3) is 5.45. The number of hydrazone groups is 2. The molecule has 7 nitrogen and oxygen atoms in total. The van der Waals surface area contributed by atoms with Gasteiger partial charge in [0.15, 0.2) is 0 Å². The van der Waals surface area contributed by atoms with Crippen LogP contribution in [0.5, 0.6) is 11.5 Å². The van der Waals surface area contributed by atoms with E-state index in [4.69, 9.17) is 9.47 Å². The first-order chi connectivity index (χ1) is 11.7. The highest BCUT2D eigenvalue weighted by Gasteiger charge is 1.96. The van der Waals surface area contributed by atoms with E-state index in [9.17, 15) is 4.79 Å². The van der Waals surface area contributed by atoms with Crippen molar-refractivity contribution in [3.05, 3.63) is 59.7 Å². The third-order valence-electron chi connectivity index (χ3n) is 2.95. The molecule has 0 bridgehead atoms. The molecule has 0 saturated heterocycles. The van der Waals surface area contributed by atoms with Crippen molar-refractivity contribution in [2.75, 3.05) is 14.2 Å². The molecule has 0 spiro atoms. The van der Waals surface area contributed by atoms with Crippen molar-refractivity contribution in [1.82, 2.24) is 10.9 Å². The summed E-state index contributed by atoms with van der Waals surface area (Å²) in [6, 6.07) is 14.0. The van der Waals surface area contributed by atoms with E-state index in [2.05, 4.69) is 21.1 Å². The molecular formula is C17H18N4O3. The predicted molar refractivity (Wildman–Crippen MR) is 92.8 cm³/mol. The fraction of sp³-hybridized carbons (Fsp3) is 0.118. The van der Waals surface area contributed by atoms with Gasteiger partial charge in [0.2, 0.25) is 0 Å². The van der Waals surface area contributed by atoms with E-state index in [1.54, 1.807) is 26.4 Å². The monoisotopic (exact) mass is 326 g/mol. The van der Waals surface area contributed by atoms with Crippen molar-refractivity contribution in [3.63, 3.8) is 0 Å². The van der Waals surface area contributed by atoms with Crippen LogP contribution in [0.15, 0.2) is 58.7 Å². The summed E-state index contributed by atoms with van der Waals surface area (Å²) >= 11 is 0. The van der Waals surface area contributed by atoms with Crippen LogP contribution in [0.2, 0.25) is 0 Å². The Bertz CT molecular complexity index is 683. The van der Waals surface area contributed by atoms with Crippen molar-refractivity contribution in [2.24, 2.45) is 10.2 Å². The number of carbonyl (C=O) groups is 1. The van der Waals surface area contributed by atoms with Crippen molar-refractivity contribution in [3.8, 4) is 11.5 Å². The predicted octanol–water partition coefficient (Wildman–Crippen LogP) is 2.37. The lowest BCUT2D eigenvalue weighted by Gasteiger charge is -2.01. The maximum Gasteiger partial charge on any atom is 0.355 e. The lowest BCUT2D eigenvalue weighted by atomic mass is 10.2. The van der Waals surface area contributed by atoms with Crippen LogP contribution in [-0.4, -0.2) is 32.7 Å². The molecule has 0 aliphatic carbocycles. The molecule has 0 aliphatic rings. The van der Waals surface area contributed by atoms with Gasteiger partial charge in [-0.25, -0.2) is 15.6 Å². The minimum atomic E-state index is -0.548. The van der Waals surface area contributed by atoms with Crippen molar-refractivity contribution >= 4 is 18.5 Å². The maximum atomic E-state index is 11.6. The molecule has 2 rings (SSSR count). The van der Waals surface area contributed by atoms with Gasteiger partial charge in [0.1, 0.15) is 11.5 Å². The van der Waals surface area contributed by atoms with E-state index in [1.165, 1.54) is 12.4 Å². The van der Waals surface area contributed by atoms with Crippen molar-refractivity contribution < 1.29 is 14.3 Å². The summed E-state index contributed by atoms with van der Waals surface area (Å²) in [5.74, 6) is 1.43. The number of urea groups is 1. The van der Waals surface area contributed by atoms with Gasteiger partial charge in [-0.2, -0.15) is 10.2 Å². The van der Waals surface area contributed by atoms with Gasteiger partial charge in [-0.15, -0.1) is 0 Å². The molecule has 2 aromatic carbocycles. The van der Waals surface area contributed by atoms with E-state index in [1.807, 2.05) is 36.4 Å². The lowest BCUT2D eigenvalue weighted by molar-refractivity contribution is 0.242. The van der Waals surface area contributed by atoms with Gasteiger partial charge in [-0.1, -0.05) is 24.3 Å². The molecule has 24 heavy (non-hydrogen) atoms. The highest BCUT2D eigenvalue weighted by Crippen LogP contribution is 2.11. The van der Waals surface area contributed by atoms with E-state index >= 15 is 0 Å². The molecule has 0 radical (unpaired) electrons. The van der Waals surface area contributed by atoms with Crippen LogP contribution in [0, 0.1) is 0 Å². The molecule has 0 fully saturated rings. The second kappa shape index (κ2) is 8.94. The zero-order valence-electron chi connectivity index (χ0n) is 13.4. The van der Waals surface area contributed by atoms with Crippen LogP contribution in [0.4, 0.5) is 4.79 Å². The Morgan fingerprint density at radius 2 is 1.33 bits per heavy atom. The highest BCUT2D eigenvalue weighted by atomic mass is 16.5. The highest BCUT2D eigenvalue weighted by molar-refractivity contribution is 5.84. The van der Waals surface area contributed by atoms with Crippen LogP contribution in [-0.2, 0) is 0 Å². The Hall–Kier alpha value is -3.35. The summed E-state index contributed by atoms with van der Waals surface area (Å²) in [5.41, 5.74) is 6.24. The van der Waals surface area contributed by atoms with E-state index in [0.717, 1.165) is 11.1 Å². The number of ether oxygens (including phenoxy) is 2. The molecule has 0 aliphatic heterocycles. The summed E-state index contributed by atoms with van der Waals surface area (Å²) in [6.45, 7) is 0. The molecule has 0 heterocycles. The Morgan fingerprint density at radius 1 is 0.875 bits per heavy atom. The second-order valence-corrected chi connectivity index (χ2v) is 4.62. The minimum absolute atomic E-state index is 0.548. The van der Waals surface area contributed by atoms with E-state index in [0.29, 0.717) is 11.5 Å². The fourth-order valence-corrected chi connectivity index (χ4v) is 1.80. The molecule has 0 saturated carbocycles. The summed E-state index contributed by atoms with van der Waals surface area (Å²) in [4.78, 5) is 11.6. The van der Waals surface area contributed by atoms with Crippen molar-refractivity contribution in [1.29, 1.82) is 0 Å². The molecule has 124 valence electrons. The van der Waals surface area contributed by atoms with E-state index < -0.39 is 6.03 Å². The standard InChI is InChI=1S/C17H18N4O3/c1-23-15-7-3-5-13(9-15)11-18-20-17(22)21-19-12-14-6-4-8-16(10-14)24-2/h3-12H,1-2H3,(H2,20,21,22)/b18-11+,19-12+. The summed E-state index contributed by atoms with van der Waals surface area (Å²) in [7, 11) is 3.17. The number of amides is 2. The number of rotatable bonds is 6. The number of hydrogen-bond donors (Lipinski definition) is 2. The zero-order chi connectivity index (χ0) is 17.2. The molecule has 0 atom stereocenters. The zero-order valence-corrected chi connectivity index (χ0v) is 13.4. The van der Waals surface area contributed by atoms with Gasteiger partial charge in [-0.3, -0.25) is 0 Å².